The highest BCUT2D eigenvalue weighted by molar-refractivity contribution is 5.79. The molecular weight excluding hydrogens is 494 g/mol. The average Bonchev–Trinajstić information content (AvgIpc) is 3.38. The van der Waals surface area contributed by atoms with E-state index in [1.807, 2.05) is 23.1 Å². The molecule has 1 saturated heterocycles. The van der Waals surface area contributed by atoms with Crippen molar-refractivity contribution in [2.24, 2.45) is 0 Å². The lowest BCUT2D eigenvalue weighted by molar-refractivity contribution is 0.0651. The number of rotatable bonds is 4. The summed E-state index contributed by atoms with van der Waals surface area (Å²) in [5.41, 5.74) is 6.86. The number of nitriles is 1. The molecule has 0 spiro atoms. The second-order valence-electron chi connectivity index (χ2n) is 10.2. The first-order chi connectivity index (χ1) is 19.1. The lowest BCUT2D eigenvalue weighted by Crippen LogP contribution is -2.42. The Morgan fingerprint density at radius 1 is 1.21 bits per heavy atom. The molecule has 1 fully saturated rings. The summed E-state index contributed by atoms with van der Waals surface area (Å²) in [6.07, 6.45) is 6.27. The molecule has 0 radical (unpaired) electrons. The summed E-state index contributed by atoms with van der Waals surface area (Å²) in [4.78, 5) is 21.0. The molecule has 202 valence electrons. The van der Waals surface area contributed by atoms with Crippen molar-refractivity contribution in [2.75, 3.05) is 45.4 Å². The average molecular weight is 528 g/mol. The number of aryl methyl sites for hydroxylation is 1. The molecule has 5 heterocycles. The molecule has 10 heteroatoms. The topological polar surface area (TPSA) is 109 Å². The Kier molecular flexibility index (Phi) is 6.83. The zero-order valence-corrected chi connectivity index (χ0v) is 22.4. The van der Waals surface area contributed by atoms with E-state index in [0.717, 1.165) is 80.1 Å². The van der Waals surface area contributed by atoms with Gasteiger partial charge in [-0.1, -0.05) is 0 Å². The molecule has 1 N–H and O–H groups in total. The first-order valence-electron chi connectivity index (χ1n) is 13.6. The monoisotopic (exact) mass is 527 g/mol. The number of methoxy groups -OCH3 is 1. The summed E-state index contributed by atoms with van der Waals surface area (Å²) < 4.78 is 13.1. The Hall–Kier alpha value is -4.10. The number of carbonyl (C=O) groups is 1. The van der Waals surface area contributed by atoms with Crippen LogP contribution in [0.4, 0.5) is 16.3 Å². The molecular formula is C29H33N7O3. The third kappa shape index (κ3) is 4.57. The number of urea groups is 1. The van der Waals surface area contributed by atoms with Crippen molar-refractivity contribution in [1.82, 2.24) is 25.0 Å². The third-order valence-corrected chi connectivity index (χ3v) is 8.07. The minimum atomic E-state index is -0.0750. The molecule has 0 unspecified atom stereocenters. The Morgan fingerprint density at radius 2 is 2.05 bits per heavy atom. The van der Waals surface area contributed by atoms with Crippen LogP contribution in [-0.2, 0) is 24.1 Å². The SMILES string of the molecule is CNC(=O)N1CCc2c(c(N3CCCc4cc(-c5ccc(OC)nc5)c(C#N)cc43)nn2C2CCOCC2)C1. The fraction of sp³-hybridized carbons (Fsp3) is 0.448. The quantitative estimate of drug-likeness (QED) is 0.547. The number of anilines is 2. The van der Waals surface area contributed by atoms with Crippen LogP contribution in [0.15, 0.2) is 30.5 Å². The van der Waals surface area contributed by atoms with Crippen LogP contribution in [0, 0.1) is 11.3 Å². The normalized spacial score (nSPS) is 17.3. The molecule has 0 saturated carbocycles. The Bertz CT molecular complexity index is 1420. The van der Waals surface area contributed by atoms with Crippen LogP contribution in [0.2, 0.25) is 0 Å². The Labute approximate surface area is 228 Å². The third-order valence-electron chi connectivity index (χ3n) is 8.07. The lowest BCUT2D eigenvalue weighted by atomic mass is 9.92. The van der Waals surface area contributed by atoms with Crippen molar-refractivity contribution in [3.63, 3.8) is 0 Å². The molecule has 3 aromatic rings. The summed E-state index contributed by atoms with van der Waals surface area (Å²) in [6.45, 7) is 3.45. The molecule has 6 rings (SSSR count). The summed E-state index contributed by atoms with van der Waals surface area (Å²) in [5, 5.41) is 18.1. The van der Waals surface area contributed by atoms with Gasteiger partial charge >= 0.3 is 6.03 Å². The van der Waals surface area contributed by atoms with Gasteiger partial charge in [0.05, 0.1) is 31.3 Å². The second-order valence-corrected chi connectivity index (χ2v) is 10.2. The molecule has 10 nitrogen and oxygen atoms in total. The van der Waals surface area contributed by atoms with Crippen molar-refractivity contribution in [3.8, 4) is 23.1 Å². The van der Waals surface area contributed by atoms with Gasteiger partial charge < -0.3 is 24.6 Å². The van der Waals surface area contributed by atoms with E-state index in [1.165, 1.54) is 11.3 Å². The molecule has 2 amide bonds. The minimum absolute atomic E-state index is 0.0750. The zero-order valence-electron chi connectivity index (χ0n) is 22.4. The van der Waals surface area contributed by atoms with Crippen LogP contribution in [0.25, 0.3) is 11.1 Å². The molecule has 3 aliphatic heterocycles. The van der Waals surface area contributed by atoms with Gasteiger partial charge in [-0.25, -0.2) is 9.78 Å². The van der Waals surface area contributed by atoms with E-state index in [-0.39, 0.29) is 12.1 Å². The number of hydrogen-bond donors (Lipinski definition) is 1. The van der Waals surface area contributed by atoms with Crippen LogP contribution >= 0.6 is 0 Å². The molecule has 0 atom stereocenters. The van der Waals surface area contributed by atoms with Gasteiger partial charge in [0.1, 0.15) is 0 Å². The number of nitrogens with zero attached hydrogens (tertiary/aromatic N) is 6. The Balaban J connectivity index is 1.43. The number of pyridine rings is 1. The van der Waals surface area contributed by atoms with Crippen LogP contribution in [-0.4, -0.2) is 66.2 Å². The number of benzene rings is 1. The van der Waals surface area contributed by atoms with E-state index in [0.29, 0.717) is 24.5 Å². The van der Waals surface area contributed by atoms with Crippen molar-refractivity contribution >= 4 is 17.5 Å². The van der Waals surface area contributed by atoms with Crippen molar-refractivity contribution < 1.29 is 14.3 Å². The van der Waals surface area contributed by atoms with E-state index in [4.69, 9.17) is 14.6 Å². The van der Waals surface area contributed by atoms with E-state index in [9.17, 15) is 10.1 Å². The largest absolute Gasteiger partial charge is 0.481 e. The maximum absolute atomic E-state index is 12.6. The van der Waals surface area contributed by atoms with Crippen molar-refractivity contribution in [2.45, 2.75) is 44.7 Å². The van der Waals surface area contributed by atoms with Crippen molar-refractivity contribution in [1.29, 1.82) is 5.26 Å². The maximum Gasteiger partial charge on any atom is 0.317 e. The van der Waals surface area contributed by atoms with E-state index in [2.05, 4.69) is 32.0 Å². The molecule has 0 bridgehead atoms. The van der Waals surface area contributed by atoms with Crippen molar-refractivity contribution in [3.05, 3.63) is 52.8 Å². The van der Waals surface area contributed by atoms with Gasteiger partial charge in [-0.05, 0) is 49.4 Å². The van der Waals surface area contributed by atoms with E-state index < -0.39 is 0 Å². The molecule has 39 heavy (non-hydrogen) atoms. The number of aromatic nitrogens is 3. The summed E-state index contributed by atoms with van der Waals surface area (Å²) >= 11 is 0. The fourth-order valence-electron chi connectivity index (χ4n) is 6.05. The first kappa shape index (κ1) is 25.2. The number of amides is 2. The van der Waals surface area contributed by atoms with Gasteiger partial charge in [-0.2, -0.15) is 10.4 Å². The van der Waals surface area contributed by atoms with Crippen LogP contribution in [0.3, 0.4) is 0 Å². The maximum atomic E-state index is 12.6. The summed E-state index contributed by atoms with van der Waals surface area (Å²) in [6, 6.07) is 10.5. The highest BCUT2D eigenvalue weighted by atomic mass is 16.5. The molecule has 0 aliphatic carbocycles. The lowest BCUT2D eigenvalue weighted by Gasteiger charge is -2.33. The molecule has 3 aliphatic rings. The highest BCUT2D eigenvalue weighted by Gasteiger charge is 2.34. The molecule has 1 aromatic carbocycles. The number of fused-ring (bicyclic) bond motifs is 2. The number of carbonyl (C=O) groups excluding carboxylic acids is 1. The Morgan fingerprint density at radius 3 is 2.77 bits per heavy atom. The van der Waals surface area contributed by atoms with Gasteiger partial charge in [-0.3, -0.25) is 4.68 Å². The van der Waals surface area contributed by atoms with Gasteiger partial charge in [0.25, 0.3) is 0 Å². The highest BCUT2D eigenvalue weighted by Crippen LogP contribution is 2.41. The second kappa shape index (κ2) is 10.6. The van der Waals surface area contributed by atoms with Gasteiger partial charge in [0.15, 0.2) is 5.82 Å². The van der Waals surface area contributed by atoms with Gasteiger partial charge in [0, 0.05) is 80.1 Å². The fourth-order valence-corrected chi connectivity index (χ4v) is 6.05. The molecule has 2 aromatic heterocycles. The minimum Gasteiger partial charge on any atom is -0.481 e. The number of ether oxygens (including phenoxy) is 2. The zero-order chi connectivity index (χ0) is 26.9. The smallest absolute Gasteiger partial charge is 0.317 e. The van der Waals surface area contributed by atoms with Crippen LogP contribution < -0.4 is 15.0 Å². The predicted molar refractivity (Wildman–Crippen MR) is 146 cm³/mol. The summed E-state index contributed by atoms with van der Waals surface area (Å²) in [5.74, 6) is 1.44. The first-order valence-corrected chi connectivity index (χ1v) is 13.6. The van der Waals surface area contributed by atoms with Crippen LogP contribution in [0.5, 0.6) is 5.88 Å². The standard InChI is InChI=1S/C29H33N7O3/c1-31-29(37)34-11-7-25-24(18-34)28(33-36(25)22-8-12-39-13-9-22)35-10-3-4-19-14-23(21(16-30)15-26(19)35)20-5-6-27(38-2)32-17-20/h5-6,14-15,17,22H,3-4,7-13,18H2,1-2H3,(H,31,37). The van der Waals surface area contributed by atoms with E-state index >= 15 is 0 Å². The number of nitrogens with one attached hydrogen (secondary N) is 1. The van der Waals surface area contributed by atoms with Gasteiger partial charge in [0.2, 0.25) is 5.88 Å². The summed E-state index contributed by atoms with van der Waals surface area (Å²) in [7, 11) is 3.26. The number of hydrogen-bond acceptors (Lipinski definition) is 7. The van der Waals surface area contributed by atoms with E-state index in [1.54, 1.807) is 20.4 Å². The predicted octanol–water partition coefficient (Wildman–Crippen LogP) is 3.96. The van der Waals surface area contributed by atoms with Gasteiger partial charge in [-0.15, -0.1) is 0 Å². The van der Waals surface area contributed by atoms with Crippen LogP contribution in [0.1, 0.15) is 47.7 Å².